The Morgan fingerprint density at radius 2 is 2.14 bits per heavy atom. The summed E-state index contributed by atoms with van der Waals surface area (Å²) in [5, 5.41) is 0. The van der Waals surface area contributed by atoms with E-state index in [0.717, 1.165) is 35.7 Å². The largest absolute Gasteiger partial charge is 0.327 e. The van der Waals surface area contributed by atoms with Gasteiger partial charge in [-0.25, -0.2) is 9.37 Å². The van der Waals surface area contributed by atoms with Gasteiger partial charge in [0, 0.05) is 24.9 Å². The maximum absolute atomic E-state index is 13.8. The lowest BCUT2D eigenvalue weighted by molar-refractivity contribution is 0.369. The van der Waals surface area contributed by atoms with Crippen molar-refractivity contribution in [1.29, 1.82) is 0 Å². The van der Waals surface area contributed by atoms with Crippen LogP contribution in [-0.2, 0) is 13.0 Å². The number of alkyl halides is 1. The van der Waals surface area contributed by atoms with Crippen molar-refractivity contribution in [2.45, 2.75) is 45.6 Å². The van der Waals surface area contributed by atoms with Gasteiger partial charge in [0.1, 0.15) is 11.6 Å². The molecule has 2 saturated carbocycles. The molecule has 2 aromatic rings. The molecule has 1 aromatic heterocycles. The van der Waals surface area contributed by atoms with E-state index in [1.165, 1.54) is 25.7 Å². The monoisotopic (exact) mass is 306 g/mol. The number of imidazole rings is 1. The van der Waals surface area contributed by atoms with Gasteiger partial charge in [0.05, 0.1) is 11.0 Å². The van der Waals surface area contributed by atoms with Gasteiger partial charge in [-0.2, -0.15) is 0 Å². The lowest BCUT2D eigenvalue weighted by atomic mass is 10.0. The number of nitrogens with zero attached hydrogens (tertiary/aromatic N) is 2. The molecule has 0 amide bonds. The van der Waals surface area contributed by atoms with Gasteiger partial charge in [-0.05, 0) is 55.6 Å². The second kappa shape index (κ2) is 4.70. The van der Waals surface area contributed by atoms with E-state index in [2.05, 4.69) is 9.55 Å². The van der Waals surface area contributed by atoms with E-state index in [0.29, 0.717) is 16.9 Å². The fourth-order valence-corrected chi connectivity index (χ4v) is 3.79. The quantitative estimate of drug-likeness (QED) is 0.746. The summed E-state index contributed by atoms with van der Waals surface area (Å²) in [5.74, 6) is 2.30. The van der Waals surface area contributed by atoms with E-state index in [1.807, 2.05) is 13.0 Å². The van der Waals surface area contributed by atoms with Crippen molar-refractivity contribution in [2.24, 2.45) is 11.3 Å². The van der Waals surface area contributed by atoms with Crippen LogP contribution in [0.3, 0.4) is 0 Å². The predicted octanol–water partition coefficient (Wildman–Crippen LogP) is 4.46. The average molecular weight is 307 g/mol. The first-order valence-corrected chi connectivity index (χ1v) is 8.38. The average Bonchev–Trinajstić information content (AvgIpc) is 3.33. The summed E-state index contributed by atoms with van der Waals surface area (Å²) in [7, 11) is 0. The highest BCUT2D eigenvalue weighted by Crippen LogP contribution is 2.62. The van der Waals surface area contributed by atoms with E-state index in [1.54, 1.807) is 6.07 Å². The Bertz CT molecular complexity index is 698. The molecule has 1 heterocycles. The molecule has 0 bridgehead atoms. The molecule has 2 nitrogen and oxygen atoms in total. The zero-order valence-electron chi connectivity index (χ0n) is 12.3. The highest BCUT2D eigenvalue weighted by Gasteiger charge is 2.54. The van der Waals surface area contributed by atoms with Crippen LogP contribution in [0.2, 0.25) is 0 Å². The molecule has 0 radical (unpaired) electrons. The maximum atomic E-state index is 13.8. The molecule has 0 N–H and O–H groups in total. The van der Waals surface area contributed by atoms with Gasteiger partial charge in [-0.15, -0.1) is 11.6 Å². The van der Waals surface area contributed by atoms with Crippen molar-refractivity contribution in [1.82, 2.24) is 9.55 Å². The van der Waals surface area contributed by atoms with Crippen LogP contribution in [0.1, 0.15) is 37.1 Å². The van der Waals surface area contributed by atoms with Gasteiger partial charge >= 0.3 is 0 Å². The van der Waals surface area contributed by atoms with Gasteiger partial charge in [0.25, 0.3) is 0 Å². The standard InChI is InChI=1S/C17H20ClFN2/c1-11-8-15-14(9-13(11)19)20-16(4-7-18)21(15)10-17(5-6-17)12-2-3-12/h8-9,12H,2-7,10H2,1H3. The lowest BCUT2D eigenvalue weighted by Gasteiger charge is -2.18. The van der Waals surface area contributed by atoms with Crippen molar-refractivity contribution >= 4 is 22.6 Å². The van der Waals surface area contributed by atoms with E-state index in [9.17, 15) is 4.39 Å². The van der Waals surface area contributed by atoms with E-state index < -0.39 is 0 Å². The van der Waals surface area contributed by atoms with Crippen LogP contribution >= 0.6 is 11.6 Å². The third-order valence-electron chi connectivity index (χ3n) is 5.23. The summed E-state index contributed by atoms with van der Waals surface area (Å²) in [6.07, 6.45) is 6.17. The molecule has 2 fully saturated rings. The minimum absolute atomic E-state index is 0.173. The van der Waals surface area contributed by atoms with Crippen LogP contribution in [0, 0.1) is 24.1 Å². The molecule has 4 rings (SSSR count). The van der Waals surface area contributed by atoms with Gasteiger partial charge in [0.2, 0.25) is 0 Å². The number of aromatic nitrogens is 2. The zero-order chi connectivity index (χ0) is 14.6. The van der Waals surface area contributed by atoms with Crippen molar-refractivity contribution in [3.8, 4) is 0 Å². The molecular weight excluding hydrogens is 287 g/mol. The molecule has 2 aliphatic carbocycles. The van der Waals surface area contributed by atoms with E-state index in [4.69, 9.17) is 11.6 Å². The highest BCUT2D eigenvalue weighted by molar-refractivity contribution is 6.17. The summed E-state index contributed by atoms with van der Waals surface area (Å²) in [5.41, 5.74) is 3.03. The zero-order valence-corrected chi connectivity index (χ0v) is 13.1. The molecule has 0 spiro atoms. The third-order valence-corrected chi connectivity index (χ3v) is 5.42. The summed E-state index contributed by atoms with van der Waals surface area (Å²) >= 11 is 5.93. The molecule has 0 atom stereocenters. The second-order valence-electron chi connectivity index (χ2n) is 6.78. The van der Waals surface area contributed by atoms with Crippen molar-refractivity contribution < 1.29 is 4.39 Å². The summed E-state index contributed by atoms with van der Waals surface area (Å²) in [6, 6.07) is 3.51. The molecule has 0 aliphatic heterocycles. The van der Waals surface area contributed by atoms with E-state index >= 15 is 0 Å². The minimum atomic E-state index is -0.173. The first-order chi connectivity index (χ1) is 10.1. The Morgan fingerprint density at radius 1 is 1.38 bits per heavy atom. The Labute approximate surface area is 129 Å². The first kappa shape index (κ1) is 13.6. The smallest absolute Gasteiger partial charge is 0.128 e. The third kappa shape index (κ3) is 2.26. The Kier molecular flexibility index (Phi) is 3.04. The number of aryl methyl sites for hydroxylation is 2. The van der Waals surface area contributed by atoms with Crippen LogP contribution in [-0.4, -0.2) is 15.4 Å². The number of hydrogen-bond acceptors (Lipinski definition) is 1. The molecule has 112 valence electrons. The number of benzene rings is 1. The normalized spacial score (nSPS) is 20.1. The molecule has 21 heavy (non-hydrogen) atoms. The molecule has 2 aliphatic rings. The summed E-state index contributed by atoms with van der Waals surface area (Å²) in [6.45, 7) is 2.85. The molecule has 1 aromatic carbocycles. The van der Waals surface area contributed by atoms with Crippen LogP contribution in [0.4, 0.5) is 4.39 Å². The van der Waals surface area contributed by atoms with Crippen molar-refractivity contribution in [2.75, 3.05) is 5.88 Å². The number of fused-ring (bicyclic) bond motifs is 1. The first-order valence-electron chi connectivity index (χ1n) is 7.84. The highest BCUT2D eigenvalue weighted by atomic mass is 35.5. The molecule has 4 heteroatoms. The number of hydrogen-bond donors (Lipinski definition) is 0. The number of halogens is 2. The van der Waals surface area contributed by atoms with Gasteiger partial charge in [-0.1, -0.05) is 0 Å². The summed E-state index contributed by atoms with van der Waals surface area (Å²) < 4.78 is 16.1. The van der Waals surface area contributed by atoms with Crippen LogP contribution in [0.25, 0.3) is 11.0 Å². The fraction of sp³-hybridized carbons (Fsp3) is 0.588. The predicted molar refractivity (Wildman–Crippen MR) is 83.2 cm³/mol. The van der Waals surface area contributed by atoms with Crippen molar-refractivity contribution in [3.05, 3.63) is 29.3 Å². The van der Waals surface area contributed by atoms with Crippen molar-refractivity contribution in [3.63, 3.8) is 0 Å². The summed E-state index contributed by atoms with van der Waals surface area (Å²) in [4.78, 5) is 4.63. The van der Waals surface area contributed by atoms with Gasteiger partial charge < -0.3 is 4.57 Å². The fourth-order valence-electron chi connectivity index (χ4n) is 3.62. The Balaban J connectivity index is 1.80. The lowest BCUT2D eigenvalue weighted by Crippen LogP contribution is -2.16. The van der Waals surface area contributed by atoms with Crippen LogP contribution in [0.15, 0.2) is 12.1 Å². The van der Waals surface area contributed by atoms with Gasteiger partial charge in [-0.3, -0.25) is 0 Å². The second-order valence-corrected chi connectivity index (χ2v) is 7.16. The molecule has 0 saturated heterocycles. The van der Waals surface area contributed by atoms with E-state index in [-0.39, 0.29) is 5.82 Å². The Hall–Kier alpha value is -1.09. The van der Waals surface area contributed by atoms with Gasteiger partial charge in [0.15, 0.2) is 0 Å². The van der Waals surface area contributed by atoms with Crippen LogP contribution < -0.4 is 0 Å². The Morgan fingerprint density at radius 3 is 2.76 bits per heavy atom. The molecule has 0 unspecified atom stereocenters. The number of rotatable bonds is 5. The SMILES string of the molecule is Cc1cc2c(cc1F)nc(CCCl)n2CC1(C2CC2)CC1. The molecular formula is C17H20ClFN2. The van der Waals surface area contributed by atoms with Crippen LogP contribution in [0.5, 0.6) is 0 Å². The maximum Gasteiger partial charge on any atom is 0.128 e. The minimum Gasteiger partial charge on any atom is -0.327 e. The topological polar surface area (TPSA) is 17.8 Å².